The van der Waals surface area contributed by atoms with E-state index in [1.54, 1.807) is 6.07 Å². The molecule has 0 atom stereocenters. The number of benzene rings is 2. The van der Waals surface area contributed by atoms with Gasteiger partial charge in [0.05, 0.1) is 21.3 Å². The Hall–Kier alpha value is -2.89. The summed E-state index contributed by atoms with van der Waals surface area (Å²) in [6.07, 6.45) is 0. The Balaban J connectivity index is 2.38. The zero-order valence-electron chi connectivity index (χ0n) is 13.4. The Kier molecular flexibility index (Phi) is 5.15. The normalized spacial score (nSPS) is 10.8. The Labute approximate surface area is 164 Å². The Morgan fingerprint density at radius 3 is 1.96 bits per heavy atom. The smallest absolute Gasteiger partial charge is 0.200 e. The maximum atomic E-state index is 14.3. The van der Waals surface area contributed by atoms with Crippen molar-refractivity contribution in [1.29, 1.82) is 5.26 Å². The molecule has 0 aliphatic heterocycles. The molecule has 0 saturated heterocycles. The number of hydrogen-bond acceptors (Lipinski definition) is 3. The largest absolute Gasteiger partial charge is 0.383 e. The molecule has 3 rings (SSSR count). The first-order valence-electron chi connectivity index (χ1n) is 7.35. The van der Waals surface area contributed by atoms with E-state index in [0.29, 0.717) is 0 Å². The third kappa shape index (κ3) is 3.13. The minimum atomic E-state index is -2.32. The Bertz CT molecular complexity index is 1150. The summed E-state index contributed by atoms with van der Waals surface area (Å²) < 4.78 is 69.1. The fourth-order valence-electron chi connectivity index (χ4n) is 2.52. The van der Waals surface area contributed by atoms with Gasteiger partial charge in [-0.1, -0.05) is 29.3 Å². The van der Waals surface area contributed by atoms with Gasteiger partial charge in [0.15, 0.2) is 23.3 Å². The summed E-state index contributed by atoms with van der Waals surface area (Å²) >= 11 is 11.8. The van der Waals surface area contributed by atoms with Crippen molar-refractivity contribution in [3.63, 3.8) is 0 Å². The first-order chi connectivity index (χ1) is 13.2. The number of pyridine rings is 1. The molecule has 3 nitrogen and oxygen atoms in total. The molecule has 1 aromatic heterocycles. The Morgan fingerprint density at radius 1 is 0.857 bits per heavy atom. The van der Waals surface area contributed by atoms with E-state index in [1.807, 2.05) is 0 Å². The highest BCUT2D eigenvalue weighted by Crippen LogP contribution is 2.37. The summed E-state index contributed by atoms with van der Waals surface area (Å²) in [4.78, 5) is 3.94. The van der Waals surface area contributed by atoms with E-state index in [4.69, 9.17) is 28.9 Å². The third-order valence-electron chi connectivity index (χ3n) is 3.85. The van der Waals surface area contributed by atoms with Crippen LogP contribution in [-0.4, -0.2) is 4.98 Å². The van der Waals surface area contributed by atoms with Gasteiger partial charge in [0.1, 0.15) is 17.5 Å². The molecule has 1 heterocycles. The second-order valence-electron chi connectivity index (χ2n) is 5.50. The number of nitrogen functional groups attached to an aromatic ring is 1. The highest BCUT2D eigenvalue weighted by molar-refractivity contribution is 6.42. The van der Waals surface area contributed by atoms with Crippen molar-refractivity contribution < 1.29 is 22.0 Å². The van der Waals surface area contributed by atoms with Crippen LogP contribution in [0.4, 0.5) is 27.8 Å². The molecule has 0 amide bonds. The summed E-state index contributed by atoms with van der Waals surface area (Å²) in [6, 6.07) is 6.76. The SMILES string of the molecule is N#Cc1c(-c2c(F)c(F)c(F)c(F)c2F)cc(-c2ccc(Cl)c(Cl)c2)nc1N. The van der Waals surface area contributed by atoms with E-state index in [1.165, 1.54) is 18.2 Å². The van der Waals surface area contributed by atoms with Crippen LogP contribution in [0.2, 0.25) is 10.0 Å². The minimum Gasteiger partial charge on any atom is -0.383 e. The Morgan fingerprint density at radius 2 is 1.43 bits per heavy atom. The molecule has 28 heavy (non-hydrogen) atoms. The van der Waals surface area contributed by atoms with Gasteiger partial charge in [-0.05, 0) is 18.2 Å². The van der Waals surface area contributed by atoms with E-state index in [-0.39, 0.29) is 21.3 Å². The lowest BCUT2D eigenvalue weighted by Crippen LogP contribution is -2.07. The highest BCUT2D eigenvalue weighted by atomic mass is 35.5. The molecule has 0 bridgehead atoms. The van der Waals surface area contributed by atoms with Crippen molar-refractivity contribution in [2.45, 2.75) is 0 Å². The van der Waals surface area contributed by atoms with Crippen molar-refractivity contribution in [1.82, 2.24) is 4.98 Å². The number of rotatable bonds is 2. The fraction of sp³-hybridized carbons (Fsp3) is 0. The van der Waals surface area contributed by atoms with Crippen LogP contribution in [0.3, 0.4) is 0 Å². The maximum absolute atomic E-state index is 14.3. The van der Waals surface area contributed by atoms with Gasteiger partial charge in [-0.25, -0.2) is 26.9 Å². The first-order valence-corrected chi connectivity index (χ1v) is 8.10. The molecular weight excluding hydrogens is 424 g/mol. The van der Waals surface area contributed by atoms with E-state index >= 15 is 0 Å². The standard InChI is InChI=1S/C18H6Cl2F5N3/c19-9-2-1-6(3-10(9)20)11-4-7(8(5-26)18(27)28-11)12-13(21)15(23)17(25)16(24)14(12)22/h1-4H,(H2,27,28). The molecule has 2 aromatic carbocycles. The van der Waals surface area contributed by atoms with Crippen molar-refractivity contribution in [2.24, 2.45) is 0 Å². The van der Waals surface area contributed by atoms with Gasteiger partial charge >= 0.3 is 0 Å². The molecule has 0 unspecified atom stereocenters. The molecule has 2 N–H and O–H groups in total. The van der Waals surface area contributed by atoms with Crippen LogP contribution in [0.5, 0.6) is 0 Å². The van der Waals surface area contributed by atoms with Gasteiger partial charge in [-0.2, -0.15) is 5.26 Å². The maximum Gasteiger partial charge on any atom is 0.200 e. The monoisotopic (exact) mass is 429 g/mol. The van der Waals surface area contributed by atoms with E-state index in [9.17, 15) is 27.2 Å². The number of hydrogen-bond donors (Lipinski definition) is 1. The molecule has 0 spiro atoms. The molecule has 0 fully saturated rings. The molecule has 3 aromatic rings. The predicted octanol–water partition coefficient (Wildman–Crippen LogP) is 5.87. The zero-order chi connectivity index (χ0) is 20.7. The third-order valence-corrected chi connectivity index (χ3v) is 4.59. The number of aromatic nitrogens is 1. The van der Waals surface area contributed by atoms with Gasteiger partial charge < -0.3 is 5.73 Å². The lowest BCUT2D eigenvalue weighted by molar-refractivity contribution is 0.381. The van der Waals surface area contributed by atoms with Crippen molar-refractivity contribution in [3.8, 4) is 28.5 Å². The fourth-order valence-corrected chi connectivity index (χ4v) is 2.82. The molecule has 0 radical (unpaired) electrons. The number of anilines is 1. The van der Waals surface area contributed by atoms with Gasteiger partial charge in [0.25, 0.3) is 0 Å². The molecule has 0 aliphatic rings. The lowest BCUT2D eigenvalue weighted by atomic mass is 9.97. The topological polar surface area (TPSA) is 62.7 Å². The first kappa shape index (κ1) is 19.9. The predicted molar refractivity (Wildman–Crippen MR) is 94.0 cm³/mol. The molecule has 10 heteroatoms. The molecule has 142 valence electrons. The number of halogens is 7. The summed E-state index contributed by atoms with van der Waals surface area (Å²) in [5.41, 5.74) is 3.51. The minimum absolute atomic E-state index is 0.0194. The van der Waals surface area contributed by atoms with Crippen molar-refractivity contribution in [2.75, 3.05) is 5.73 Å². The van der Waals surface area contributed by atoms with Crippen LogP contribution in [-0.2, 0) is 0 Å². The van der Waals surface area contributed by atoms with Gasteiger partial charge in [-0.3, -0.25) is 0 Å². The van der Waals surface area contributed by atoms with Crippen LogP contribution in [0, 0.1) is 40.4 Å². The summed E-state index contributed by atoms with van der Waals surface area (Å²) in [7, 11) is 0. The molecular formula is C18H6Cl2F5N3. The van der Waals surface area contributed by atoms with Gasteiger partial charge in [0.2, 0.25) is 5.82 Å². The van der Waals surface area contributed by atoms with E-state index in [0.717, 1.165) is 6.07 Å². The van der Waals surface area contributed by atoms with Crippen LogP contribution < -0.4 is 5.73 Å². The van der Waals surface area contributed by atoms with Crippen molar-refractivity contribution >= 4 is 29.0 Å². The van der Waals surface area contributed by atoms with Gasteiger partial charge in [-0.15, -0.1) is 0 Å². The lowest BCUT2D eigenvalue weighted by Gasteiger charge is -2.13. The average molecular weight is 430 g/mol. The van der Waals surface area contributed by atoms with Crippen LogP contribution in [0.15, 0.2) is 24.3 Å². The summed E-state index contributed by atoms with van der Waals surface area (Å²) in [5, 5.41) is 9.60. The average Bonchev–Trinajstić information content (AvgIpc) is 2.67. The van der Waals surface area contributed by atoms with Crippen LogP contribution >= 0.6 is 23.2 Å². The summed E-state index contributed by atoms with van der Waals surface area (Å²) in [5.74, 6) is -11.3. The summed E-state index contributed by atoms with van der Waals surface area (Å²) in [6.45, 7) is 0. The van der Waals surface area contributed by atoms with Gasteiger partial charge in [0, 0.05) is 11.1 Å². The number of nitrogens with two attached hydrogens (primary N) is 1. The van der Waals surface area contributed by atoms with Crippen LogP contribution in [0.1, 0.15) is 5.56 Å². The molecule has 0 aliphatic carbocycles. The second-order valence-corrected chi connectivity index (χ2v) is 6.32. The van der Waals surface area contributed by atoms with Crippen LogP contribution in [0.25, 0.3) is 22.4 Å². The molecule has 0 saturated carbocycles. The second kappa shape index (κ2) is 7.26. The number of nitriles is 1. The number of nitrogens with zero attached hydrogens (tertiary/aromatic N) is 2. The van der Waals surface area contributed by atoms with E-state index in [2.05, 4.69) is 4.98 Å². The quantitative estimate of drug-likeness (QED) is 0.314. The zero-order valence-corrected chi connectivity index (χ0v) is 14.9. The van der Waals surface area contributed by atoms with Crippen molar-refractivity contribution in [3.05, 3.63) is 69.0 Å². The highest BCUT2D eigenvalue weighted by Gasteiger charge is 2.29. The van der Waals surface area contributed by atoms with E-state index < -0.39 is 51.6 Å².